The summed E-state index contributed by atoms with van der Waals surface area (Å²) in [4.78, 5) is 43.7. The molecular weight excluding hydrogens is 444 g/mol. The van der Waals surface area contributed by atoms with E-state index >= 15 is 0 Å². The molecule has 2 bridgehead atoms. The number of aliphatic hydroxyl groups is 1. The number of benzene rings is 1. The van der Waals surface area contributed by atoms with Crippen molar-refractivity contribution in [2.45, 2.75) is 82.4 Å². The summed E-state index contributed by atoms with van der Waals surface area (Å²) in [6, 6.07) is 9.59. The van der Waals surface area contributed by atoms with Crippen LogP contribution in [0, 0.1) is 11.8 Å². The fraction of sp³-hybridized carbons (Fsp3) is 0.679. The summed E-state index contributed by atoms with van der Waals surface area (Å²) in [5.41, 5.74) is -0.392. The van der Waals surface area contributed by atoms with Crippen molar-refractivity contribution in [2.75, 3.05) is 26.8 Å². The summed E-state index contributed by atoms with van der Waals surface area (Å²) in [5.74, 6) is -1.72. The highest BCUT2D eigenvalue weighted by molar-refractivity contribution is 6.39. The Labute approximate surface area is 208 Å². The van der Waals surface area contributed by atoms with Crippen LogP contribution >= 0.6 is 0 Å². The number of carbonyl (C=O) groups is 3. The van der Waals surface area contributed by atoms with Crippen LogP contribution in [0.5, 0.6) is 0 Å². The number of hydrogen-bond acceptors (Lipinski definition) is 5. The van der Waals surface area contributed by atoms with Crippen LogP contribution in [-0.2, 0) is 25.5 Å². The van der Waals surface area contributed by atoms with E-state index in [0.717, 1.165) is 38.5 Å². The van der Waals surface area contributed by atoms with Gasteiger partial charge in [-0.15, -0.1) is 0 Å². The predicted octanol–water partition coefficient (Wildman–Crippen LogP) is 2.98. The van der Waals surface area contributed by atoms with E-state index in [0.29, 0.717) is 32.5 Å². The molecule has 2 heterocycles. The Balaban J connectivity index is 1.39. The van der Waals surface area contributed by atoms with E-state index in [9.17, 15) is 19.5 Å². The first-order valence-corrected chi connectivity index (χ1v) is 13.3. The third-order valence-electron chi connectivity index (χ3n) is 8.41. The number of ether oxygens (including phenoxy) is 1. The Kier molecular flexibility index (Phi) is 8.27. The lowest BCUT2D eigenvalue weighted by molar-refractivity contribution is -0.172. The van der Waals surface area contributed by atoms with E-state index in [4.69, 9.17) is 4.74 Å². The monoisotopic (exact) mass is 484 g/mol. The molecule has 0 radical (unpaired) electrons. The summed E-state index contributed by atoms with van der Waals surface area (Å²) in [6.07, 6.45) is 6.89. The molecule has 2 aliphatic heterocycles. The average Bonchev–Trinajstić information content (AvgIpc) is 2.86. The molecule has 0 spiro atoms. The van der Waals surface area contributed by atoms with Crippen LogP contribution in [0.15, 0.2) is 30.3 Å². The number of rotatable bonds is 9. The van der Waals surface area contributed by atoms with Crippen molar-refractivity contribution in [3.05, 3.63) is 35.9 Å². The zero-order chi connectivity index (χ0) is 25.0. The first-order valence-electron chi connectivity index (χ1n) is 13.3. The maximum Gasteiger partial charge on any atom is 0.294 e. The van der Waals surface area contributed by atoms with E-state index in [-0.39, 0.29) is 30.2 Å². The van der Waals surface area contributed by atoms with Crippen LogP contribution < -0.4 is 0 Å². The van der Waals surface area contributed by atoms with Crippen LogP contribution in [0.25, 0.3) is 0 Å². The number of piperazine rings is 1. The summed E-state index contributed by atoms with van der Waals surface area (Å²) in [5, 5.41) is 11.4. The number of amides is 2. The highest BCUT2D eigenvalue weighted by Gasteiger charge is 2.53. The molecule has 1 saturated carbocycles. The van der Waals surface area contributed by atoms with Gasteiger partial charge in [0.1, 0.15) is 11.6 Å². The van der Waals surface area contributed by atoms with Gasteiger partial charge in [0.05, 0.1) is 6.04 Å². The lowest BCUT2D eigenvalue weighted by Gasteiger charge is -2.50. The first kappa shape index (κ1) is 25.8. The van der Waals surface area contributed by atoms with Gasteiger partial charge in [-0.25, -0.2) is 0 Å². The fourth-order valence-corrected chi connectivity index (χ4v) is 6.31. The lowest BCUT2D eigenvalue weighted by atomic mass is 9.69. The van der Waals surface area contributed by atoms with E-state index < -0.39 is 23.3 Å². The largest absolute Gasteiger partial charge is 0.384 e. The Morgan fingerprint density at radius 2 is 1.89 bits per heavy atom. The standard InChI is InChI=1S/C28H40N2O5/c1-20-14-15-22(19-35-2)17-28(20,34)25(31)27(33)30-23-12-8-13-24(30)26(32)29(18-23)16-7-6-11-21-9-4-3-5-10-21/h3-5,9-10,20,22-24,34H,6-8,11-19H2,1-2H3/t20-,22-,23?,24?,28+/m1/s1. The highest BCUT2D eigenvalue weighted by Crippen LogP contribution is 2.39. The summed E-state index contributed by atoms with van der Waals surface area (Å²) >= 11 is 0. The number of fused-ring (bicyclic) bond motifs is 2. The van der Waals surface area contributed by atoms with E-state index in [1.807, 2.05) is 30.0 Å². The van der Waals surface area contributed by atoms with E-state index in [2.05, 4.69) is 12.1 Å². The Morgan fingerprint density at radius 3 is 2.63 bits per heavy atom. The van der Waals surface area contributed by atoms with Gasteiger partial charge in [-0.1, -0.05) is 37.3 Å². The van der Waals surface area contributed by atoms with Gasteiger partial charge in [-0.2, -0.15) is 0 Å². The van der Waals surface area contributed by atoms with Crippen LogP contribution in [0.2, 0.25) is 0 Å². The second-order valence-corrected chi connectivity index (χ2v) is 10.8. The van der Waals surface area contributed by atoms with Crippen molar-refractivity contribution < 1.29 is 24.2 Å². The number of unbranched alkanes of at least 4 members (excludes halogenated alkanes) is 1. The topological polar surface area (TPSA) is 87.1 Å². The third kappa shape index (κ3) is 5.46. The molecule has 4 rings (SSSR count). The number of carbonyl (C=O) groups excluding carboxylic acids is 3. The second kappa shape index (κ2) is 11.2. The number of piperidine rings is 1. The van der Waals surface area contributed by atoms with Crippen molar-refractivity contribution in [3.63, 3.8) is 0 Å². The predicted molar refractivity (Wildman–Crippen MR) is 133 cm³/mol. The molecule has 1 aromatic carbocycles. The first-order chi connectivity index (χ1) is 16.8. The molecule has 3 aliphatic rings. The van der Waals surface area contributed by atoms with Gasteiger partial charge in [0.2, 0.25) is 5.91 Å². The lowest BCUT2D eigenvalue weighted by Crippen LogP contribution is -2.68. The van der Waals surface area contributed by atoms with E-state index in [1.54, 1.807) is 7.11 Å². The van der Waals surface area contributed by atoms with Crippen molar-refractivity contribution >= 4 is 17.6 Å². The molecule has 1 aliphatic carbocycles. The molecule has 1 N–H and O–H groups in total. The van der Waals surface area contributed by atoms with Crippen molar-refractivity contribution in [1.82, 2.24) is 9.80 Å². The molecular formula is C28H40N2O5. The maximum absolute atomic E-state index is 13.5. The van der Waals surface area contributed by atoms with Crippen molar-refractivity contribution in [2.24, 2.45) is 11.8 Å². The average molecular weight is 485 g/mol. The molecule has 5 atom stereocenters. The maximum atomic E-state index is 13.5. The molecule has 35 heavy (non-hydrogen) atoms. The van der Waals surface area contributed by atoms with Crippen LogP contribution in [0.3, 0.4) is 0 Å². The van der Waals surface area contributed by atoms with Crippen LogP contribution in [0.1, 0.15) is 63.9 Å². The molecule has 1 aromatic rings. The Morgan fingerprint density at radius 1 is 1.11 bits per heavy atom. The smallest absolute Gasteiger partial charge is 0.294 e. The molecule has 3 fully saturated rings. The normalized spacial score (nSPS) is 30.9. The summed E-state index contributed by atoms with van der Waals surface area (Å²) < 4.78 is 5.25. The molecule has 0 aromatic heterocycles. The number of nitrogens with zero attached hydrogens (tertiary/aromatic N) is 2. The molecule has 2 unspecified atom stereocenters. The quantitative estimate of drug-likeness (QED) is 0.430. The van der Waals surface area contributed by atoms with Crippen molar-refractivity contribution in [1.29, 1.82) is 0 Å². The second-order valence-electron chi connectivity index (χ2n) is 10.8. The van der Waals surface area contributed by atoms with Crippen LogP contribution in [-0.4, -0.2) is 77.0 Å². The molecule has 2 saturated heterocycles. The minimum atomic E-state index is -1.69. The number of Topliss-reactive ketones (excluding diaryl/α,β-unsaturated/α-hetero) is 1. The van der Waals surface area contributed by atoms with E-state index in [1.165, 1.54) is 10.5 Å². The third-order valence-corrected chi connectivity index (χ3v) is 8.41. The van der Waals surface area contributed by atoms with Crippen molar-refractivity contribution in [3.8, 4) is 0 Å². The van der Waals surface area contributed by atoms with Gasteiger partial charge in [0.15, 0.2) is 0 Å². The number of methoxy groups -OCH3 is 1. The minimum Gasteiger partial charge on any atom is -0.384 e. The highest BCUT2D eigenvalue weighted by atomic mass is 16.5. The van der Waals surface area contributed by atoms with Gasteiger partial charge in [-0.05, 0) is 75.2 Å². The van der Waals surface area contributed by atoms with Gasteiger partial charge >= 0.3 is 0 Å². The fourth-order valence-electron chi connectivity index (χ4n) is 6.31. The summed E-state index contributed by atoms with van der Waals surface area (Å²) in [6.45, 7) is 3.45. The molecule has 192 valence electrons. The minimum absolute atomic E-state index is 0.0480. The molecule has 2 amide bonds. The zero-order valence-electron chi connectivity index (χ0n) is 21.2. The Hall–Kier alpha value is -2.25. The van der Waals surface area contributed by atoms with Crippen LogP contribution in [0.4, 0.5) is 0 Å². The number of hydrogen-bond donors (Lipinski definition) is 1. The number of aryl methyl sites for hydroxylation is 1. The Bertz CT molecular complexity index is 906. The van der Waals surface area contributed by atoms with Gasteiger partial charge in [0.25, 0.3) is 11.7 Å². The molecule has 7 heteroatoms. The number of ketones is 1. The summed E-state index contributed by atoms with van der Waals surface area (Å²) in [7, 11) is 1.61. The number of likely N-dealkylation sites (tertiary alicyclic amines) is 1. The SMILES string of the molecule is COC[C@@H]1CC[C@@H](C)[C@](O)(C(=O)C(=O)N2C3CCCC2C(=O)N(CCCCc2ccccc2)C3)C1. The van der Waals surface area contributed by atoms with Gasteiger partial charge < -0.3 is 19.6 Å². The van der Waals surface area contributed by atoms with Gasteiger partial charge in [-0.3, -0.25) is 14.4 Å². The molecule has 7 nitrogen and oxygen atoms in total. The van der Waals surface area contributed by atoms with Gasteiger partial charge in [0, 0.05) is 26.8 Å². The zero-order valence-corrected chi connectivity index (χ0v) is 21.2.